The second-order valence-corrected chi connectivity index (χ2v) is 16.9. The van der Waals surface area contributed by atoms with Crippen molar-refractivity contribution in [2.45, 2.75) is 122 Å². The topological polar surface area (TPSA) is 359 Å². The van der Waals surface area contributed by atoms with Crippen molar-refractivity contribution in [1.82, 2.24) is 36.4 Å². The summed E-state index contributed by atoms with van der Waals surface area (Å²) >= 11 is 0. The maximum absolute atomic E-state index is 13.8. The average molecular weight is 927 g/mol. The van der Waals surface area contributed by atoms with Crippen molar-refractivity contribution in [3.05, 3.63) is 40.2 Å². The zero-order chi connectivity index (χ0) is 49.4. The van der Waals surface area contributed by atoms with E-state index < -0.39 is 102 Å². The van der Waals surface area contributed by atoms with E-state index in [2.05, 4.69) is 31.6 Å². The van der Waals surface area contributed by atoms with Gasteiger partial charge in [-0.1, -0.05) is 13.8 Å². The van der Waals surface area contributed by atoms with Crippen LogP contribution in [0.25, 0.3) is 11.0 Å². The molecule has 1 aliphatic heterocycles. The van der Waals surface area contributed by atoms with Crippen molar-refractivity contribution < 1.29 is 47.5 Å². The normalized spacial score (nSPS) is 15.7. The smallest absolute Gasteiger partial charge is 0.336 e. The molecule has 3 rings (SSSR count). The molecule has 0 aliphatic carbocycles. The third-order valence-electron chi connectivity index (χ3n) is 10.8. The Hall–Kier alpha value is -6.78. The number of hydrogen-bond donors (Lipinski definition) is 9. The fourth-order valence-corrected chi connectivity index (χ4v) is 7.29. The standard InChI is InChI=1S/C43H66N12O11/c1-22(2)16-30(53-41(63)32-11-9-15-54(32)35(57)17-26-18-36(58)66-33-19-27(65-7)12-13-28(26)33)39(61)50-25(6)42(64)55(23(3)4)21-34(56)51-31(20-44)40(62)49-24(5)38(60)52-29(37(45)59)10-8-14-48-43(46)47/h12-13,18-19,22-25,29-32H,8-11,14-17,20-21,44H2,1-7H3,(H2,45,59)(H,49,62)(H,50,61)(H,51,56)(H,52,60)(H,53,63)(H4,46,47,48). The number of nitrogens with zero attached hydrogens (tertiary/aromatic N) is 3. The Morgan fingerprint density at radius 2 is 1.53 bits per heavy atom. The van der Waals surface area contributed by atoms with Gasteiger partial charge in [0.1, 0.15) is 47.6 Å². The Balaban J connectivity index is 1.62. The molecule has 364 valence electrons. The highest BCUT2D eigenvalue weighted by Crippen LogP contribution is 2.25. The number of nitrogens with two attached hydrogens (primary N) is 4. The van der Waals surface area contributed by atoms with E-state index >= 15 is 0 Å². The summed E-state index contributed by atoms with van der Waals surface area (Å²) in [7, 11) is 1.47. The van der Waals surface area contributed by atoms with E-state index in [0.717, 1.165) is 0 Å². The van der Waals surface area contributed by atoms with Crippen LogP contribution in [0.5, 0.6) is 5.75 Å². The van der Waals surface area contributed by atoms with E-state index in [1.54, 1.807) is 32.0 Å². The first-order valence-electron chi connectivity index (χ1n) is 21.8. The van der Waals surface area contributed by atoms with Crippen LogP contribution in [-0.4, -0.2) is 139 Å². The molecule has 2 heterocycles. The zero-order valence-corrected chi connectivity index (χ0v) is 38.6. The zero-order valence-electron chi connectivity index (χ0n) is 38.6. The molecule has 1 aromatic carbocycles. The molecular weight excluding hydrogens is 861 g/mol. The number of likely N-dealkylation sites (tertiary alicyclic amines) is 1. The summed E-state index contributed by atoms with van der Waals surface area (Å²) in [6, 6.07) is -1.14. The Morgan fingerprint density at radius 3 is 2.14 bits per heavy atom. The molecule has 1 saturated heterocycles. The van der Waals surface area contributed by atoms with Crippen LogP contribution in [0.4, 0.5) is 0 Å². The van der Waals surface area contributed by atoms with Gasteiger partial charge < -0.3 is 68.5 Å². The lowest BCUT2D eigenvalue weighted by Gasteiger charge is -2.31. The predicted octanol–water partition coefficient (Wildman–Crippen LogP) is -2.42. The summed E-state index contributed by atoms with van der Waals surface area (Å²) in [6.07, 6.45) is 1.33. The van der Waals surface area contributed by atoms with Gasteiger partial charge in [-0.15, -0.1) is 0 Å². The summed E-state index contributed by atoms with van der Waals surface area (Å²) in [4.78, 5) is 125. The molecule has 0 spiro atoms. The van der Waals surface area contributed by atoms with Crippen molar-refractivity contribution in [2.24, 2.45) is 33.8 Å². The number of nitrogens with one attached hydrogen (secondary N) is 5. The molecule has 2 aromatic rings. The number of carbonyl (C=O) groups is 8. The third-order valence-corrected chi connectivity index (χ3v) is 10.8. The van der Waals surface area contributed by atoms with Crippen LogP contribution < -0.4 is 59.9 Å². The highest BCUT2D eigenvalue weighted by atomic mass is 16.5. The van der Waals surface area contributed by atoms with Crippen LogP contribution >= 0.6 is 0 Å². The van der Waals surface area contributed by atoms with E-state index in [-0.39, 0.29) is 56.4 Å². The Morgan fingerprint density at radius 1 is 0.864 bits per heavy atom. The van der Waals surface area contributed by atoms with Gasteiger partial charge in [-0.05, 0) is 83.4 Å². The largest absolute Gasteiger partial charge is 0.497 e. The molecule has 13 N–H and O–H groups in total. The molecule has 1 fully saturated rings. The monoisotopic (exact) mass is 926 g/mol. The van der Waals surface area contributed by atoms with Crippen molar-refractivity contribution >= 4 is 64.2 Å². The molecule has 0 bridgehead atoms. The van der Waals surface area contributed by atoms with E-state index in [0.29, 0.717) is 36.0 Å². The third kappa shape index (κ3) is 15.7. The molecule has 23 nitrogen and oxygen atoms in total. The number of fused-ring (bicyclic) bond motifs is 1. The van der Waals surface area contributed by atoms with Gasteiger partial charge in [-0.25, -0.2) is 4.79 Å². The molecule has 8 amide bonds. The van der Waals surface area contributed by atoms with Gasteiger partial charge in [-0.3, -0.25) is 43.3 Å². The number of methoxy groups -OCH3 is 1. The SMILES string of the molecule is COc1ccc2c(CC(=O)N3CCCC3C(=O)NC(CC(C)C)C(=O)NC(C)C(=O)N(CC(=O)NC(CN)C(=O)NC(C)C(=O)NC(CCCN=C(N)N)C(N)=O)C(C)C)cc(=O)oc2c1. The first kappa shape index (κ1) is 53.6. The van der Waals surface area contributed by atoms with Crippen LogP contribution in [0.1, 0.15) is 79.2 Å². The second kappa shape index (κ2) is 25.1. The summed E-state index contributed by atoms with van der Waals surface area (Å²) in [5.74, 6) is -5.11. The van der Waals surface area contributed by atoms with Gasteiger partial charge in [0.15, 0.2) is 5.96 Å². The summed E-state index contributed by atoms with van der Waals surface area (Å²) in [6.45, 7) is 9.35. The van der Waals surface area contributed by atoms with E-state index in [9.17, 15) is 43.2 Å². The lowest BCUT2D eigenvalue weighted by molar-refractivity contribution is -0.142. The fourth-order valence-electron chi connectivity index (χ4n) is 7.29. The van der Waals surface area contributed by atoms with Crippen LogP contribution in [-0.2, 0) is 44.8 Å². The Bertz CT molecular complexity index is 2170. The van der Waals surface area contributed by atoms with Gasteiger partial charge in [0.25, 0.3) is 0 Å². The van der Waals surface area contributed by atoms with Gasteiger partial charge in [-0.2, -0.15) is 0 Å². The molecule has 0 radical (unpaired) electrons. The first-order chi connectivity index (χ1) is 31.1. The van der Waals surface area contributed by atoms with E-state index in [1.165, 1.54) is 36.8 Å². The summed E-state index contributed by atoms with van der Waals surface area (Å²) in [5, 5.41) is 13.4. The number of amides is 8. The number of guanidine groups is 1. The predicted molar refractivity (Wildman–Crippen MR) is 243 cm³/mol. The lowest BCUT2D eigenvalue weighted by Crippen LogP contribution is -2.59. The molecule has 6 atom stereocenters. The van der Waals surface area contributed by atoms with Crippen molar-refractivity contribution in [3.63, 3.8) is 0 Å². The van der Waals surface area contributed by atoms with E-state index in [4.69, 9.17) is 32.1 Å². The molecule has 0 saturated carbocycles. The number of benzene rings is 1. The van der Waals surface area contributed by atoms with Crippen molar-refractivity contribution in [1.29, 1.82) is 0 Å². The van der Waals surface area contributed by atoms with Crippen LogP contribution in [0, 0.1) is 5.92 Å². The minimum Gasteiger partial charge on any atom is -0.497 e. The van der Waals surface area contributed by atoms with Crippen LogP contribution in [0.3, 0.4) is 0 Å². The number of aliphatic imine (C=N–C) groups is 1. The molecular formula is C43H66N12O11. The average Bonchev–Trinajstić information content (AvgIpc) is 3.75. The highest BCUT2D eigenvalue weighted by molar-refractivity contribution is 5.97. The Labute approximate surface area is 382 Å². The van der Waals surface area contributed by atoms with Gasteiger partial charge in [0, 0.05) is 43.2 Å². The van der Waals surface area contributed by atoms with Gasteiger partial charge in [0.05, 0.1) is 20.1 Å². The van der Waals surface area contributed by atoms with Crippen molar-refractivity contribution in [3.8, 4) is 5.75 Å². The minimum absolute atomic E-state index is 0.0779. The molecule has 6 unspecified atom stereocenters. The number of carbonyl (C=O) groups excluding carboxylic acids is 8. The highest BCUT2D eigenvalue weighted by Gasteiger charge is 2.37. The number of hydrogen-bond acceptors (Lipinski definition) is 13. The van der Waals surface area contributed by atoms with Gasteiger partial charge in [0.2, 0.25) is 47.3 Å². The molecule has 1 aromatic heterocycles. The number of primary amides is 1. The minimum atomic E-state index is -1.32. The van der Waals surface area contributed by atoms with Crippen molar-refractivity contribution in [2.75, 3.05) is 33.3 Å². The number of rotatable bonds is 24. The fraction of sp³-hybridized carbons (Fsp3) is 0.581. The first-order valence-corrected chi connectivity index (χ1v) is 21.8. The Kier molecular flexibility index (Phi) is 20.3. The maximum atomic E-state index is 13.8. The number of ether oxygens (including phenoxy) is 1. The summed E-state index contributed by atoms with van der Waals surface area (Å²) in [5.41, 5.74) is 21.8. The lowest BCUT2D eigenvalue weighted by atomic mass is 10.0. The maximum Gasteiger partial charge on any atom is 0.336 e. The van der Waals surface area contributed by atoms with Crippen LogP contribution in [0.2, 0.25) is 0 Å². The van der Waals surface area contributed by atoms with Crippen LogP contribution in [0.15, 0.2) is 38.5 Å². The molecule has 66 heavy (non-hydrogen) atoms. The van der Waals surface area contributed by atoms with E-state index in [1.807, 2.05) is 13.8 Å². The van der Waals surface area contributed by atoms with Gasteiger partial charge >= 0.3 is 5.63 Å². The molecule has 23 heteroatoms. The second-order valence-electron chi connectivity index (χ2n) is 16.9. The quantitative estimate of drug-likeness (QED) is 0.0229. The summed E-state index contributed by atoms with van der Waals surface area (Å²) < 4.78 is 10.5. The molecule has 1 aliphatic rings.